The molecule has 1 aliphatic carbocycles. The number of nitrogens with zero attached hydrogens (tertiary/aromatic N) is 1. The minimum atomic E-state index is -0.0787. The summed E-state index contributed by atoms with van der Waals surface area (Å²) >= 11 is 0. The van der Waals surface area contributed by atoms with Gasteiger partial charge in [-0.05, 0) is 24.8 Å². The van der Waals surface area contributed by atoms with Crippen LogP contribution in [0.4, 0.5) is 0 Å². The monoisotopic (exact) mass is 236 g/mol. The predicted molar refractivity (Wildman–Crippen MR) is 63.1 cm³/mol. The van der Waals surface area contributed by atoms with Crippen LogP contribution >= 0.6 is 0 Å². The fourth-order valence-electron chi connectivity index (χ4n) is 3.48. The maximum absolute atomic E-state index is 12.1. The van der Waals surface area contributed by atoms with Crippen molar-refractivity contribution in [3.63, 3.8) is 0 Å². The van der Waals surface area contributed by atoms with Gasteiger partial charge in [-0.2, -0.15) is 0 Å². The number of fused-ring (bicyclic) bond motifs is 1. The molecule has 4 nitrogen and oxygen atoms in total. The van der Waals surface area contributed by atoms with E-state index in [1.165, 1.54) is 17.7 Å². The van der Waals surface area contributed by atoms with E-state index in [-0.39, 0.29) is 29.1 Å². The maximum Gasteiger partial charge on any atom is 0.233 e. The zero-order valence-electron chi connectivity index (χ0n) is 10.5. The number of hydrogen-bond acceptors (Lipinski definition) is 3. The first-order valence-electron chi connectivity index (χ1n) is 6.62. The zero-order chi connectivity index (χ0) is 12.2. The molecule has 0 aromatic rings. The molecule has 3 atom stereocenters. The van der Waals surface area contributed by atoms with Crippen LogP contribution < -0.4 is 5.32 Å². The molecule has 3 aliphatic rings. The lowest BCUT2D eigenvalue weighted by Crippen LogP contribution is -2.47. The molecule has 0 bridgehead atoms. The molecule has 3 unspecified atom stereocenters. The Kier molecular flexibility index (Phi) is 2.34. The van der Waals surface area contributed by atoms with Crippen LogP contribution in [0.5, 0.6) is 0 Å². The number of rotatable bonds is 2. The van der Waals surface area contributed by atoms with E-state index < -0.39 is 0 Å². The lowest BCUT2D eigenvalue weighted by molar-refractivity contribution is -0.143. The molecule has 2 heterocycles. The van der Waals surface area contributed by atoms with Gasteiger partial charge < -0.3 is 5.32 Å². The molecule has 3 rings (SSSR count). The maximum atomic E-state index is 12.1. The smallest absolute Gasteiger partial charge is 0.233 e. The first kappa shape index (κ1) is 11.2. The third-order valence-electron chi connectivity index (χ3n) is 4.71. The summed E-state index contributed by atoms with van der Waals surface area (Å²) < 4.78 is 0. The normalized spacial score (nSPS) is 39.4. The van der Waals surface area contributed by atoms with Crippen molar-refractivity contribution in [2.75, 3.05) is 13.1 Å². The van der Waals surface area contributed by atoms with Crippen molar-refractivity contribution >= 4 is 11.8 Å². The van der Waals surface area contributed by atoms with Crippen LogP contribution in [0.2, 0.25) is 0 Å². The third-order valence-corrected chi connectivity index (χ3v) is 4.71. The number of likely N-dealkylation sites (tertiary alicyclic amines) is 1. The Morgan fingerprint density at radius 1 is 1.24 bits per heavy atom. The fourth-order valence-corrected chi connectivity index (χ4v) is 3.48. The fraction of sp³-hybridized carbons (Fsp3) is 0.846. The molecular weight excluding hydrogens is 216 g/mol. The van der Waals surface area contributed by atoms with Gasteiger partial charge in [0, 0.05) is 12.6 Å². The van der Waals surface area contributed by atoms with Gasteiger partial charge in [-0.15, -0.1) is 0 Å². The average Bonchev–Trinajstić information content (AvgIpc) is 2.78. The molecule has 1 N–H and O–H groups in total. The van der Waals surface area contributed by atoms with Crippen molar-refractivity contribution < 1.29 is 9.59 Å². The van der Waals surface area contributed by atoms with Gasteiger partial charge in [0.15, 0.2) is 0 Å². The summed E-state index contributed by atoms with van der Waals surface area (Å²) in [6, 6.07) is 0.317. The lowest BCUT2D eigenvalue weighted by atomic mass is 10.0. The van der Waals surface area contributed by atoms with E-state index in [2.05, 4.69) is 5.32 Å². The second-order valence-electron chi connectivity index (χ2n) is 6.21. The molecule has 17 heavy (non-hydrogen) atoms. The van der Waals surface area contributed by atoms with Crippen molar-refractivity contribution in [3.05, 3.63) is 0 Å². The summed E-state index contributed by atoms with van der Waals surface area (Å²) in [5, 5.41) is 3.39. The molecule has 2 amide bonds. The van der Waals surface area contributed by atoms with Gasteiger partial charge in [0.1, 0.15) is 0 Å². The standard InChI is InChI=1S/C13H20N2O2/c1-13(2)9-10(13)12(17)15(11(9)16)7-8-5-3-4-6-14-8/h8-10,14H,3-7H2,1-2H3. The Balaban J connectivity index is 1.66. The van der Waals surface area contributed by atoms with Crippen LogP contribution in [0.3, 0.4) is 0 Å². The van der Waals surface area contributed by atoms with Gasteiger partial charge in [0.05, 0.1) is 11.8 Å². The molecule has 2 aliphatic heterocycles. The second kappa shape index (κ2) is 3.55. The predicted octanol–water partition coefficient (Wildman–Crippen LogP) is 0.769. The van der Waals surface area contributed by atoms with E-state index in [0.29, 0.717) is 12.6 Å². The van der Waals surface area contributed by atoms with E-state index in [0.717, 1.165) is 13.0 Å². The highest BCUT2D eigenvalue weighted by Gasteiger charge is 2.72. The summed E-state index contributed by atoms with van der Waals surface area (Å²) in [5.41, 5.74) is -0.0787. The van der Waals surface area contributed by atoms with E-state index in [4.69, 9.17) is 0 Å². The highest BCUT2D eigenvalue weighted by atomic mass is 16.2. The SMILES string of the molecule is CC1(C)C2C(=O)N(CC3CCCCN3)C(=O)C21. The van der Waals surface area contributed by atoms with Crippen LogP contribution in [0.25, 0.3) is 0 Å². The molecule has 0 aromatic carbocycles. The van der Waals surface area contributed by atoms with Gasteiger partial charge in [0.2, 0.25) is 11.8 Å². The van der Waals surface area contributed by atoms with Gasteiger partial charge in [-0.3, -0.25) is 14.5 Å². The number of imide groups is 1. The van der Waals surface area contributed by atoms with Crippen molar-refractivity contribution in [2.24, 2.45) is 17.3 Å². The van der Waals surface area contributed by atoms with E-state index in [1.807, 2.05) is 13.8 Å². The Hall–Kier alpha value is -0.900. The molecule has 2 saturated heterocycles. The summed E-state index contributed by atoms with van der Waals surface area (Å²) in [6.45, 7) is 5.64. The average molecular weight is 236 g/mol. The molecule has 0 spiro atoms. The van der Waals surface area contributed by atoms with Gasteiger partial charge in [0.25, 0.3) is 0 Å². The van der Waals surface area contributed by atoms with Crippen LogP contribution in [0.15, 0.2) is 0 Å². The van der Waals surface area contributed by atoms with Crippen molar-refractivity contribution in [3.8, 4) is 0 Å². The summed E-state index contributed by atoms with van der Waals surface area (Å²) in [4.78, 5) is 25.8. The highest BCUT2D eigenvalue weighted by molar-refractivity contribution is 6.10. The quantitative estimate of drug-likeness (QED) is 0.720. The third kappa shape index (κ3) is 1.53. The Morgan fingerprint density at radius 3 is 2.41 bits per heavy atom. The van der Waals surface area contributed by atoms with Gasteiger partial charge in [-0.25, -0.2) is 0 Å². The topological polar surface area (TPSA) is 49.4 Å². The number of nitrogens with one attached hydrogen (secondary N) is 1. The number of carbonyl (C=O) groups excluding carboxylic acids is 2. The van der Waals surface area contributed by atoms with Crippen LogP contribution in [-0.2, 0) is 9.59 Å². The number of piperidine rings is 2. The second-order valence-corrected chi connectivity index (χ2v) is 6.21. The lowest BCUT2D eigenvalue weighted by Gasteiger charge is -2.29. The van der Waals surface area contributed by atoms with E-state index >= 15 is 0 Å². The zero-order valence-corrected chi connectivity index (χ0v) is 10.5. The number of carbonyl (C=O) groups is 2. The minimum absolute atomic E-state index is 0.0291. The summed E-state index contributed by atoms with van der Waals surface area (Å²) in [6.07, 6.45) is 3.48. The molecule has 94 valence electrons. The van der Waals surface area contributed by atoms with Crippen LogP contribution in [0.1, 0.15) is 33.1 Å². The van der Waals surface area contributed by atoms with E-state index in [9.17, 15) is 9.59 Å². The number of amides is 2. The van der Waals surface area contributed by atoms with Crippen LogP contribution in [0, 0.1) is 17.3 Å². The molecule has 4 heteroatoms. The molecular formula is C13H20N2O2. The molecule has 1 saturated carbocycles. The molecule has 3 fully saturated rings. The Labute approximate surface area is 102 Å². The Morgan fingerprint density at radius 2 is 1.88 bits per heavy atom. The van der Waals surface area contributed by atoms with Gasteiger partial charge in [-0.1, -0.05) is 20.3 Å². The van der Waals surface area contributed by atoms with Gasteiger partial charge >= 0.3 is 0 Å². The van der Waals surface area contributed by atoms with Crippen LogP contribution in [-0.4, -0.2) is 35.8 Å². The largest absolute Gasteiger partial charge is 0.312 e. The molecule has 0 aromatic heterocycles. The Bertz CT molecular complexity index is 348. The van der Waals surface area contributed by atoms with Crippen molar-refractivity contribution in [1.82, 2.24) is 10.2 Å². The van der Waals surface area contributed by atoms with Crippen molar-refractivity contribution in [2.45, 2.75) is 39.2 Å². The first-order chi connectivity index (χ1) is 8.03. The van der Waals surface area contributed by atoms with E-state index in [1.54, 1.807) is 0 Å². The summed E-state index contributed by atoms with van der Waals surface area (Å²) in [5.74, 6) is 0.0759. The summed E-state index contributed by atoms with van der Waals surface area (Å²) in [7, 11) is 0. The molecule has 0 radical (unpaired) electrons. The highest BCUT2D eigenvalue weighted by Crippen LogP contribution is 2.63. The number of hydrogen-bond donors (Lipinski definition) is 1. The minimum Gasteiger partial charge on any atom is -0.312 e. The van der Waals surface area contributed by atoms with Crippen molar-refractivity contribution in [1.29, 1.82) is 0 Å². The first-order valence-corrected chi connectivity index (χ1v) is 6.62.